The van der Waals surface area contributed by atoms with Crippen LogP contribution in [0, 0.1) is 13.8 Å². The van der Waals surface area contributed by atoms with Gasteiger partial charge in [0.2, 0.25) is 11.8 Å². The minimum atomic E-state index is -0.291. The highest BCUT2D eigenvalue weighted by Gasteiger charge is 2.08. The van der Waals surface area contributed by atoms with Crippen LogP contribution in [-0.4, -0.2) is 18.0 Å². The molecule has 0 atom stereocenters. The summed E-state index contributed by atoms with van der Waals surface area (Å²) >= 11 is 0. The highest BCUT2D eigenvalue weighted by molar-refractivity contribution is 5.94. The largest absolute Gasteiger partial charge is 0.326 e. The Morgan fingerprint density at radius 1 is 1.00 bits per heavy atom. The van der Waals surface area contributed by atoms with Gasteiger partial charge >= 0.3 is 0 Å². The molecule has 0 fully saturated rings. The zero-order valence-corrected chi connectivity index (χ0v) is 16.4. The molecule has 0 heterocycles. The summed E-state index contributed by atoms with van der Waals surface area (Å²) in [5, 5.41) is 6.79. The van der Waals surface area contributed by atoms with Crippen molar-refractivity contribution in [3.63, 3.8) is 0 Å². The van der Waals surface area contributed by atoms with Gasteiger partial charge in [0.1, 0.15) is 0 Å². The zero-order chi connectivity index (χ0) is 19.8. The molecule has 2 rings (SSSR count). The second kappa shape index (κ2) is 9.67. The average molecular weight is 365 g/mol. The molecule has 142 valence electrons. The first kappa shape index (κ1) is 20.4. The molecule has 5 nitrogen and oxygen atoms in total. The Morgan fingerprint density at radius 2 is 1.67 bits per heavy atom. The van der Waals surface area contributed by atoms with Crippen LogP contribution < -0.4 is 10.7 Å². The Balaban J connectivity index is 1.76. The van der Waals surface area contributed by atoms with Crippen molar-refractivity contribution in [1.29, 1.82) is 0 Å². The SMILES string of the molecule is Cc1ccc(C)c(NC(=O)CCC(=O)N/N=C/c2ccc(C(C)C)cc2)c1. The third-order valence-corrected chi connectivity index (χ3v) is 4.25. The van der Waals surface area contributed by atoms with Crippen molar-refractivity contribution in [1.82, 2.24) is 5.43 Å². The number of nitrogens with zero attached hydrogens (tertiary/aromatic N) is 1. The van der Waals surface area contributed by atoms with Crippen LogP contribution in [-0.2, 0) is 9.59 Å². The normalized spacial score (nSPS) is 11.0. The highest BCUT2D eigenvalue weighted by Crippen LogP contribution is 2.16. The zero-order valence-electron chi connectivity index (χ0n) is 16.4. The molecule has 0 radical (unpaired) electrons. The topological polar surface area (TPSA) is 70.6 Å². The number of nitrogens with one attached hydrogen (secondary N) is 2. The van der Waals surface area contributed by atoms with Crippen molar-refractivity contribution in [3.8, 4) is 0 Å². The number of carbonyl (C=O) groups is 2. The van der Waals surface area contributed by atoms with Crippen LogP contribution in [0.5, 0.6) is 0 Å². The maximum Gasteiger partial charge on any atom is 0.240 e. The first-order chi connectivity index (χ1) is 12.8. The van der Waals surface area contributed by atoms with Crippen molar-refractivity contribution in [2.75, 3.05) is 5.32 Å². The van der Waals surface area contributed by atoms with Crippen molar-refractivity contribution in [2.45, 2.75) is 46.5 Å². The standard InChI is InChI=1S/C22H27N3O2/c1-15(2)19-9-7-18(8-10-19)14-23-25-22(27)12-11-21(26)24-20-13-16(3)5-6-17(20)4/h5-10,13-15H,11-12H2,1-4H3,(H,24,26)(H,25,27)/b23-14+. The second-order valence-corrected chi connectivity index (χ2v) is 6.98. The van der Waals surface area contributed by atoms with E-state index in [0.29, 0.717) is 5.92 Å². The van der Waals surface area contributed by atoms with Crippen molar-refractivity contribution in [2.24, 2.45) is 5.10 Å². The molecule has 27 heavy (non-hydrogen) atoms. The van der Waals surface area contributed by atoms with Crippen LogP contribution in [0.3, 0.4) is 0 Å². The molecule has 0 unspecified atom stereocenters. The van der Waals surface area contributed by atoms with Crippen LogP contribution in [0.4, 0.5) is 5.69 Å². The highest BCUT2D eigenvalue weighted by atomic mass is 16.2. The van der Waals surface area contributed by atoms with E-state index in [4.69, 9.17) is 0 Å². The van der Waals surface area contributed by atoms with Crippen molar-refractivity contribution < 1.29 is 9.59 Å². The lowest BCUT2D eigenvalue weighted by atomic mass is 10.0. The third-order valence-electron chi connectivity index (χ3n) is 4.25. The lowest BCUT2D eigenvalue weighted by Gasteiger charge is -2.09. The van der Waals surface area contributed by atoms with Crippen LogP contribution in [0.1, 0.15) is 54.9 Å². The van der Waals surface area contributed by atoms with E-state index in [9.17, 15) is 9.59 Å². The van der Waals surface area contributed by atoms with Gasteiger partial charge in [-0.3, -0.25) is 9.59 Å². The van der Waals surface area contributed by atoms with Crippen molar-refractivity contribution >= 4 is 23.7 Å². The van der Waals surface area contributed by atoms with Crippen molar-refractivity contribution in [3.05, 3.63) is 64.7 Å². The van der Waals surface area contributed by atoms with Gasteiger partial charge in [0, 0.05) is 18.5 Å². The van der Waals surface area contributed by atoms with E-state index >= 15 is 0 Å². The summed E-state index contributed by atoms with van der Waals surface area (Å²) in [5.41, 5.74) is 7.47. The molecule has 5 heteroatoms. The number of hydrazone groups is 1. The van der Waals surface area contributed by atoms with Gasteiger partial charge in [-0.15, -0.1) is 0 Å². The smallest absolute Gasteiger partial charge is 0.240 e. The number of benzene rings is 2. The molecule has 2 amide bonds. The molecular formula is C22H27N3O2. The molecule has 0 bridgehead atoms. The van der Waals surface area contributed by atoms with E-state index < -0.39 is 0 Å². The molecule has 2 aromatic carbocycles. The van der Waals surface area contributed by atoms with Crippen LogP contribution in [0.15, 0.2) is 47.6 Å². The lowest BCUT2D eigenvalue weighted by Crippen LogP contribution is -2.20. The van der Waals surface area contributed by atoms with Crippen LogP contribution >= 0.6 is 0 Å². The van der Waals surface area contributed by atoms with Gasteiger partial charge in [0.25, 0.3) is 0 Å². The molecular weight excluding hydrogens is 338 g/mol. The number of hydrogen-bond acceptors (Lipinski definition) is 3. The molecule has 0 aromatic heterocycles. The number of hydrogen-bond donors (Lipinski definition) is 2. The summed E-state index contributed by atoms with van der Waals surface area (Å²) in [6, 6.07) is 13.9. The van der Waals surface area contributed by atoms with E-state index in [-0.39, 0.29) is 24.7 Å². The lowest BCUT2D eigenvalue weighted by molar-refractivity contribution is -0.124. The van der Waals surface area contributed by atoms with E-state index in [1.54, 1.807) is 6.21 Å². The third kappa shape index (κ3) is 6.70. The van der Waals surface area contributed by atoms with Gasteiger partial charge in [0.05, 0.1) is 6.21 Å². The summed E-state index contributed by atoms with van der Waals surface area (Å²) in [7, 11) is 0. The molecule has 2 aromatic rings. The molecule has 0 aliphatic carbocycles. The minimum absolute atomic E-state index is 0.0837. The van der Waals surface area contributed by atoms with E-state index in [0.717, 1.165) is 22.4 Å². The van der Waals surface area contributed by atoms with Gasteiger partial charge in [0.15, 0.2) is 0 Å². The minimum Gasteiger partial charge on any atom is -0.326 e. The van der Waals surface area contributed by atoms with Crippen LogP contribution in [0.25, 0.3) is 0 Å². The van der Waals surface area contributed by atoms with E-state index in [2.05, 4.69) is 29.7 Å². The molecule has 0 spiro atoms. The number of rotatable bonds is 7. The molecule has 0 saturated heterocycles. The Bertz CT molecular complexity index is 824. The van der Waals surface area contributed by atoms with Gasteiger partial charge in [-0.2, -0.15) is 5.10 Å². The van der Waals surface area contributed by atoms with Gasteiger partial charge in [-0.05, 0) is 48.1 Å². The maximum atomic E-state index is 12.0. The summed E-state index contributed by atoms with van der Waals surface area (Å²) < 4.78 is 0. The quantitative estimate of drug-likeness (QED) is 0.567. The van der Waals surface area contributed by atoms with Crippen LogP contribution in [0.2, 0.25) is 0 Å². The Hall–Kier alpha value is -2.95. The maximum absolute atomic E-state index is 12.0. The Morgan fingerprint density at radius 3 is 2.33 bits per heavy atom. The Labute approximate surface area is 160 Å². The summed E-state index contributed by atoms with van der Waals surface area (Å²) in [6.07, 6.45) is 1.79. The van der Waals surface area contributed by atoms with Gasteiger partial charge in [-0.1, -0.05) is 50.2 Å². The fourth-order valence-corrected chi connectivity index (χ4v) is 2.51. The molecule has 2 N–H and O–H groups in total. The fourth-order valence-electron chi connectivity index (χ4n) is 2.51. The molecule has 0 aliphatic rings. The predicted octanol–water partition coefficient (Wildman–Crippen LogP) is 4.30. The number of anilines is 1. The number of aryl methyl sites for hydroxylation is 2. The van der Waals surface area contributed by atoms with E-state index in [1.807, 2.05) is 56.3 Å². The predicted molar refractivity (Wildman–Crippen MR) is 110 cm³/mol. The Kier molecular flexibility index (Phi) is 7.29. The molecule has 0 saturated carbocycles. The first-order valence-electron chi connectivity index (χ1n) is 9.14. The first-order valence-corrected chi connectivity index (χ1v) is 9.14. The average Bonchev–Trinajstić information content (AvgIpc) is 2.63. The number of carbonyl (C=O) groups excluding carboxylic acids is 2. The summed E-state index contributed by atoms with van der Waals surface area (Å²) in [4.78, 5) is 23.9. The monoisotopic (exact) mass is 365 g/mol. The summed E-state index contributed by atoms with van der Waals surface area (Å²) in [5.74, 6) is -0.00121. The van der Waals surface area contributed by atoms with Gasteiger partial charge in [-0.25, -0.2) is 5.43 Å². The van der Waals surface area contributed by atoms with E-state index in [1.165, 1.54) is 5.56 Å². The molecule has 0 aliphatic heterocycles. The fraction of sp³-hybridized carbons (Fsp3) is 0.318. The van der Waals surface area contributed by atoms with Gasteiger partial charge < -0.3 is 5.32 Å². The number of amides is 2. The second-order valence-electron chi connectivity index (χ2n) is 6.98. The summed E-state index contributed by atoms with van der Waals surface area (Å²) in [6.45, 7) is 8.18.